The number of aromatic nitrogens is 4. The van der Waals surface area contributed by atoms with Gasteiger partial charge in [0, 0.05) is 51.5 Å². The lowest BCUT2D eigenvalue weighted by Crippen LogP contribution is -2.47. The van der Waals surface area contributed by atoms with Crippen molar-refractivity contribution in [2.45, 2.75) is 32.4 Å². The number of hydrogen-bond acceptors (Lipinski definition) is 6. The Morgan fingerprint density at radius 2 is 1.88 bits per heavy atom. The van der Waals surface area contributed by atoms with Crippen molar-refractivity contribution in [3.05, 3.63) is 52.0 Å². The molecule has 3 heterocycles. The molecule has 1 saturated heterocycles. The molecule has 25 heavy (non-hydrogen) atoms. The summed E-state index contributed by atoms with van der Waals surface area (Å²) in [6, 6.07) is 3.76. The van der Waals surface area contributed by atoms with Crippen LogP contribution in [0.5, 0.6) is 0 Å². The molecule has 0 radical (unpaired) electrons. The first-order valence-electron chi connectivity index (χ1n) is 9.07. The minimum atomic E-state index is 0.0445. The molecule has 132 valence electrons. The van der Waals surface area contributed by atoms with E-state index in [0.29, 0.717) is 6.54 Å². The van der Waals surface area contributed by atoms with Gasteiger partial charge in [-0.2, -0.15) is 5.10 Å². The van der Waals surface area contributed by atoms with Crippen LogP contribution in [0.25, 0.3) is 0 Å². The third kappa shape index (κ3) is 3.93. The standard InChI is InChI=1S/C18H24N6O/c25-18-12-15-2-1-3-17(15)21-24(18)11-10-22-6-8-23(9-7-22)13-16-4-5-19-14-20-16/h4-5,12,14H,1-3,6-11,13H2. The third-order valence-electron chi connectivity index (χ3n) is 5.15. The van der Waals surface area contributed by atoms with Crippen molar-refractivity contribution >= 4 is 0 Å². The summed E-state index contributed by atoms with van der Waals surface area (Å²) in [6.45, 7) is 6.52. The van der Waals surface area contributed by atoms with Crippen LogP contribution in [0.15, 0.2) is 29.5 Å². The lowest BCUT2D eigenvalue weighted by Gasteiger charge is -2.34. The highest BCUT2D eigenvalue weighted by molar-refractivity contribution is 5.22. The molecule has 2 aromatic heterocycles. The fourth-order valence-electron chi connectivity index (χ4n) is 3.65. The van der Waals surface area contributed by atoms with E-state index in [4.69, 9.17) is 0 Å². The van der Waals surface area contributed by atoms with E-state index >= 15 is 0 Å². The molecule has 2 aromatic rings. The summed E-state index contributed by atoms with van der Waals surface area (Å²) in [5, 5.41) is 4.56. The second kappa shape index (κ2) is 7.41. The van der Waals surface area contributed by atoms with Crippen LogP contribution in [0.2, 0.25) is 0 Å². The topological polar surface area (TPSA) is 67.2 Å². The number of rotatable bonds is 5. The molecule has 4 rings (SSSR count). The molecule has 0 saturated carbocycles. The van der Waals surface area contributed by atoms with Crippen LogP contribution >= 0.6 is 0 Å². The lowest BCUT2D eigenvalue weighted by molar-refractivity contribution is 0.121. The molecule has 1 fully saturated rings. The van der Waals surface area contributed by atoms with Crippen molar-refractivity contribution in [1.29, 1.82) is 0 Å². The summed E-state index contributed by atoms with van der Waals surface area (Å²) in [4.78, 5) is 25.3. The molecule has 0 amide bonds. The average molecular weight is 340 g/mol. The second-order valence-corrected chi connectivity index (χ2v) is 6.85. The molecule has 7 heteroatoms. The molecule has 2 aliphatic rings. The number of piperazine rings is 1. The van der Waals surface area contributed by atoms with Crippen molar-refractivity contribution in [2.75, 3.05) is 32.7 Å². The zero-order valence-corrected chi connectivity index (χ0v) is 14.5. The van der Waals surface area contributed by atoms with Gasteiger partial charge in [-0.15, -0.1) is 0 Å². The van der Waals surface area contributed by atoms with Gasteiger partial charge in [-0.3, -0.25) is 14.6 Å². The van der Waals surface area contributed by atoms with Crippen LogP contribution in [0.1, 0.15) is 23.4 Å². The number of aryl methyl sites for hydroxylation is 2. The number of hydrogen-bond donors (Lipinski definition) is 0. The molecule has 0 bridgehead atoms. The van der Waals surface area contributed by atoms with Gasteiger partial charge >= 0.3 is 0 Å². The van der Waals surface area contributed by atoms with Crippen molar-refractivity contribution in [2.24, 2.45) is 0 Å². The summed E-state index contributed by atoms with van der Waals surface area (Å²) in [5.41, 5.74) is 3.38. The van der Waals surface area contributed by atoms with Gasteiger partial charge in [-0.05, 0) is 30.9 Å². The van der Waals surface area contributed by atoms with Gasteiger partial charge < -0.3 is 0 Å². The predicted molar refractivity (Wildman–Crippen MR) is 94.3 cm³/mol. The van der Waals surface area contributed by atoms with Crippen LogP contribution in [0.3, 0.4) is 0 Å². The number of nitrogens with zero attached hydrogens (tertiary/aromatic N) is 6. The SMILES string of the molecule is O=c1cc2c(nn1CCN1CCN(Cc3ccncn3)CC1)CCC2. The maximum absolute atomic E-state index is 12.2. The van der Waals surface area contributed by atoms with Crippen molar-refractivity contribution in [3.8, 4) is 0 Å². The first-order valence-corrected chi connectivity index (χ1v) is 9.07. The monoisotopic (exact) mass is 340 g/mol. The highest BCUT2D eigenvalue weighted by atomic mass is 16.1. The van der Waals surface area contributed by atoms with Gasteiger partial charge in [-0.1, -0.05) is 0 Å². The fraction of sp³-hybridized carbons (Fsp3) is 0.556. The molecular formula is C18H24N6O. The third-order valence-corrected chi connectivity index (χ3v) is 5.15. The maximum atomic E-state index is 12.2. The predicted octanol–water partition coefficient (Wildman–Crippen LogP) is 0.340. The molecule has 1 aliphatic carbocycles. The number of fused-ring (bicyclic) bond motifs is 1. The quantitative estimate of drug-likeness (QED) is 0.782. The van der Waals surface area contributed by atoms with E-state index in [9.17, 15) is 4.79 Å². The van der Waals surface area contributed by atoms with Crippen LogP contribution in [-0.4, -0.2) is 62.3 Å². The Labute approximate surface area is 147 Å². The Balaban J connectivity index is 1.27. The maximum Gasteiger partial charge on any atom is 0.267 e. The Bertz CT molecular complexity index is 767. The van der Waals surface area contributed by atoms with Crippen LogP contribution in [0.4, 0.5) is 0 Å². The van der Waals surface area contributed by atoms with Crippen LogP contribution < -0.4 is 5.56 Å². The van der Waals surface area contributed by atoms with Gasteiger partial charge in [0.15, 0.2) is 0 Å². The average Bonchev–Trinajstić information content (AvgIpc) is 3.09. The minimum absolute atomic E-state index is 0.0445. The van der Waals surface area contributed by atoms with E-state index in [2.05, 4.69) is 24.9 Å². The highest BCUT2D eigenvalue weighted by Gasteiger charge is 2.18. The fourth-order valence-corrected chi connectivity index (χ4v) is 3.65. The normalized spacial score (nSPS) is 18.4. The van der Waals surface area contributed by atoms with E-state index in [-0.39, 0.29) is 5.56 Å². The molecule has 0 atom stereocenters. The van der Waals surface area contributed by atoms with Crippen molar-refractivity contribution in [3.63, 3.8) is 0 Å². The van der Waals surface area contributed by atoms with E-state index < -0.39 is 0 Å². The minimum Gasteiger partial charge on any atom is -0.299 e. The first-order chi connectivity index (χ1) is 12.3. The smallest absolute Gasteiger partial charge is 0.267 e. The molecular weight excluding hydrogens is 316 g/mol. The Hall–Kier alpha value is -2.12. The lowest BCUT2D eigenvalue weighted by atomic mass is 10.2. The van der Waals surface area contributed by atoms with Gasteiger partial charge in [0.1, 0.15) is 6.33 Å². The van der Waals surface area contributed by atoms with Gasteiger partial charge in [0.25, 0.3) is 5.56 Å². The summed E-state index contributed by atoms with van der Waals surface area (Å²) < 4.78 is 1.65. The molecule has 0 unspecified atom stereocenters. The Morgan fingerprint density at radius 1 is 1.04 bits per heavy atom. The van der Waals surface area contributed by atoms with Crippen LogP contribution in [0, 0.1) is 0 Å². The van der Waals surface area contributed by atoms with Crippen LogP contribution in [-0.2, 0) is 25.9 Å². The molecule has 0 spiro atoms. The van der Waals surface area contributed by atoms with E-state index in [1.54, 1.807) is 23.3 Å². The summed E-state index contributed by atoms with van der Waals surface area (Å²) >= 11 is 0. The highest BCUT2D eigenvalue weighted by Crippen LogP contribution is 2.16. The summed E-state index contributed by atoms with van der Waals surface area (Å²) in [5.74, 6) is 0. The zero-order valence-electron chi connectivity index (χ0n) is 14.5. The van der Waals surface area contributed by atoms with Crippen molar-refractivity contribution < 1.29 is 0 Å². The van der Waals surface area contributed by atoms with E-state index in [1.165, 1.54) is 0 Å². The zero-order chi connectivity index (χ0) is 17.1. The van der Waals surface area contributed by atoms with Gasteiger partial charge in [0.05, 0.1) is 17.9 Å². The molecule has 1 aliphatic heterocycles. The summed E-state index contributed by atoms with van der Waals surface area (Å²) in [7, 11) is 0. The molecule has 0 aromatic carbocycles. The second-order valence-electron chi connectivity index (χ2n) is 6.85. The summed E-state index contributed by atoms with van der Waals surface area (Å²) in [6.07, 6.45) is 6.54. The van der Waals surface area contributed by atoms with E-state index in [0.717, 1.165) is 75.5 Å². The Kier molecular flexibility index (Phi) is 4.85. The van der Waals surface area contributed by atoms with Gasteiger partial charge in [-0.25, -0.2) is 14.6 Å². The van der Waals surface area contributed by atoms with Gasteiger partial charge in [0.2, 0.25) is 0 Å². The first kappa shape index (κ1) is 16.4. The molecule has 0 N–H and O–H groups in total. The largest absolute Gasteiger partial charge is 0.299 e. The molecule has 7 nitrogen and oxygen atoms in total. The Morgan fingerprint density at radius 3 is 2.68 bits per heavy atom. The van der Waals surface area contributed by atoms with Crippen molar-refractivity contribution in [1.82, 2.24) is 29.5 Å². The van der Waals surface area contributed by atoms with E-state index in [1.807, 2.05) is 6.07 Å².